The summed E-state index contributed by atoms with van der Waals surface area (Å²) >= 11 is 5.23. The molecule has 4 heteroatoms. The molecule has 0 aliphatic rings. The zero-order valence-electron chi connectivity index (χ0n) is 8.37. The second-order valence-corrected chi connectivity index (χ2v) is 5.29. The lowest BCUT2D eigenvalue weighted by atomic mass is 10.1. The van der Waals surface area contributed by atoms with E-state index in [0.717, 1.165) is 22.2 Å². The van der Waals surface area contributed by atoms with E-state index in [0.29, 0.717) is 0 Å². The Kier molecular flexibility index (Phi) is 3.29. The van der Waals surface area contributed by atoms with Crippen LogP contribution in [-0.2, 0) is 6.42 Å². The van der Waals surface area contributed by atoms with E-state index in [9.17, 15) is 0 Å². The average Bonchev–Trinajstić information content (AvgIpc) is 2.76. The van der Waals surface area contributed by atoms with Crippen LogP contribution < -0.4 is 5.73 Å². The van der Waals surface area contributed by atoms with Crippen molar-refractivity contribution in [3.05, 3.63) is 44.4 Å². The molecular weight excluding hydrogens is 274 g/mol. The van der Waals surface area contributed by atoms with Gasteiger partial charge in [0.15, 0.2) is 0 Å². The molecule has 0 saturated heterocycles. The molecule has 2 nitrogen and oxygen atoms in total. The van der Waals surface area contributed by atoms with Crippen molar-refractivity contribution in [1.29, 1.82) is 0 Å². The molecule has 0 aliphatic heterocycles. The van der Waals surface area contributed by atoms with E-state index in [2.05, 4.69) is 27.4 Å². The summed E-state index contributed by atoms with van der Waals surface area (Å²) in [5, 5.41) is 2.06. The number of aryl methyl sites for hydroxylation is 1. The molecule has 2 aromatic heterocycles. The highest BCUT2D eigenvalue weighted by Gasteiger charge is 2.13. The van der Waals surface area contributed by atoms with Crippen LogP contribution in [0.2, 0.25) is 0 Å². The van der Waals surface area contributed by atoms with Gasteiger partial charge in [0, 0.05) is 27.4 Å². The predicted molar refractivity (Wildman–Crippen MR) is 66.1 cm³/mol. The molecule has 0 bridgehead atoms. The molecule has 0 amide bonds. The fourth-order valence-electron chi connectivity index (χ4n) is 1.56. The molecule has 1 unspecified atom stereocenters. The van der Waals surface area contributed by atoms with Crippen molar-refractivity contribution >= 4 is 27.3 Å². The first-order chi connectivity index (χ1) is 7.18. The third-order valence-electron chi connectivity index (χ3n) is 2.39. The minimum Gasteiger partial charge on any atom is -0.469 e. The monoisotopic (exact) mass is 285 g/mol. The summed E-state index contributed by atoms with van der Waals surface area (Å²) in [5.41, 5.74) is 7.22. The predicted octanol–water partition coefficient (Wildman–Crippen LogP) is 3.65. The lowest BCUT2D eigenvalue weighted by molar-refractivity contribution is 0.524. The highest BCUT2D eigenvalue weighted by atomic mass is 79.9. The van der Waals surface area contributed by atoms with Gasteiger partial charge in [0.05, 0.1) is 6.26 Å². The van der Waals surface area contributed by atoms with Crippen molar-refractivity contribution < 1.29 is 4.42 Å². The van der Waals surface area contributed by atoms with Gasteiger partial charge in [0.1, 0.15) is 5.76 Å². The molecule has 0 aromatic carbocycles. The summed E-state index contributed by atoms with van der Waals surface area (Å²) in [6, 6.07) is 4.01. The fraction of sp³-hybridized carbons (Fsp3) is 0.273. The first kappa shape index (κ1) is 10.9. The number of halogens is 1. The molecule has 2 aromatic rings. The van der Waals surface area contributed by atoms with Crippen LogP contribution in [0.1, 0.15) is 22.2 Å². The van der Waals surface area contributed by atoms with Crippen LogP contribution in [-0.4, -0.2) is 0 Å². The van der Waals surface area contributed by atoms with Gasteiger partial charge >= 0.3 is 0 Å². The molecule has 1 atom stereocenters. The third-order valence-corrected chi connectivity index (χ3v) is 4.34. The topological polar surface area (TPSA) is 39.2 Å². The van der Waals surface area contributed by atoms with Crippen molar-refractivity contribution in [1.82, 2.24) is 0 Å². The van der Waals surface area contributed by atoms with Crippen molar-refractivity contribution in [3.63, 3.8) is 0 Å². The van der Waals surface area contributed by atoms with Gasteiger partial charge in [0.25, 0.3) is 0 Å². The summed E-state index contributed by atoms with van der Waals surface area (Å²) in [5.74, 6) is 0.912. The molecule has 2 N–H and O–H groups in total. The number of nitrogens with two attached hydrogens (primary N) is 1. The van der Waals surface area contributed by atoms with Gasteiger partial charge in [-0.2, -0.15) is 0 Å². The van der Waals surface area contributed by atoms with Crippen molar-refractivity contribution in [2.24, 2.45) is 5.73 Å². The van der Waals surface area contributed by atoms with E-state index in [-0.39, 0.29) is 6.04 Å². The normalized spacial score (nSPS) is 13.0. The van der Waals surface area contributed by atoms with Crippen LogP contribution in [0.15, 0.2) is 32.7 Å². The minimum absolute atomic E-state index is 0.0127. The largest absolute Gasteiger partial charge is 0.469 e. The van der Waals surface area contributed by atoms with E-state index < -0.39 is 0 Å². The lowest BCUT2D eigenvalue weighted by Crippen LogP contribution is -2.13. The maximum absolute atomic E-state index is 6.13. The smallest absolute Gasteiger partial charge is 0.105 e. The SMILES string of the molecule is Cc1occc1C(N)Cc1sccc1Br. The summed E-state index contributed by atoms with van der Waals surface area (Å²) in [4.78, 5) is 1.28. The zero-order valence-corrected chi connectivity index (χ0v) is 10.8. The van der Waals surface area contributed by atoms with Gasteiger partial charge in [-0.15, -0.1) is 11.3 Å². The fourth-order valence-corrected chi connectivity index (χ4v) is 3.13. The maximum atomic E-state index is 6.13. The van der Waals surface area contributed by atoms with Gasteiger partial charge in [0.2, 0.25) is 0 Å². The maximum Gasteiger partial charge on any atom is 0.105 e. The van der Waals surface area contributed by atoms with Crippen LogP contribution in [0.5, 0.6) is 0 Å². The molecular formula is C11H12BrNOS. The summed E-state index contributed by atoms with van der Waals surface area (Å²) in [6.45, 7) is 1.94. The number of hydrogen-bond acceptors (Lipinski definition) is 3. The van der Waals surface area contributed by atoms with Crippen molar-refractivity contribution in [2.75, 3.05) is 0 Å². The van der Waals surface area contributed by atoms with Gasteiger partial charge in [-0.05, 0) is 40.4 Å². The standard InChI is InChI=1S/C11H12BrNOS/c1-7-8(2-4-14-7)10(13)6-11-9(12)3-5-15-11/h2-5,10H,6,13H2,1H3. The Balaban J connectivity index is 2.14. The molecule has 15 heavy (non-hydrogen) atoms. The molecule has 80 valence electrons. The second kappa shape index (κ2) is 4.51. The van der Waals surface area contributed by atoms with Gasteiger partial charge in [-0.25, -0.2) is 0 Å². The van der Waals surface area contributed by atoms with E-state index in [1.165, 1.54) is 4.88 Å². The van der Waals surface area contributed by atoms with E-state index in [4.69, 9.17) is 10.2 Å². The van der Waals surface area contributed by atoms with Crippen molar-refractivity contribution in [3.8, 4) is 0 Å². The highest BCUT2D eigenvalue weighted by Crippen LogP contribution is 2.28. The summed E-state index contributed by atoms with van der Waals surface area (Å²) in [6.07, 6.45) is 2.53. The Morgan fingerprint density at radius 3 is 2.87 bits per heavy atom. The first-order valence-corrected chi connectivity index (χ1v) is 6.37. The number of hydrogen-bond donors (Lipinski definition) is 1. The Labute approximate surface area is 101 Å². The Morgan fingerprint density at radius 2 is 2.33 bits per heavy atom. The average molecular weight is 286 g/mol. The lowest BCUT2D eigenvalue weighted by Gasteiger charge is -2.09. The minimum atomic E-state index is 0.0127. The number of rotatable bonds is 3. The molecule has 0 fully saturated rings. The van der Waals surface area contributed by atoms with E-state index in [1.807, 2.05) is 13.0 Å². The molecule has 0 saturated carbocycles. The van der Waals surface area contributed by atoms with Crippen LogP contribution in [0, 0.1) is 6.92 Å². The number of thiophene rings is 1. The quantitative estimate of drug-likeness (QED) is 0.935. The van der Waals surface area contributed by atoms with Gasteiger partial charge < -0.3 is 10.2 Å². The summed E-state index contributed by atoms with van der Waals surface area (Å²) in [7, 11) is 0. The van der Waals surface area contributed by atoms with E-state index in [1.54, 1.807) is 17.6 Å². The van der Waals surface area contributed by atoms with Crippen LogP contribution >= 0.6 is 27.3 Å². The molecule has 2 rings (SSSR count). The highest BCUT2D eigenvalue weighted by molar-refractivity contribution is 9.10. The first-order valence-electron chi connectivity index (χ1n) is 4.70. The van der Waals surface area contributed by atoms with Crippen molar-refractivity contribution in [2.45, 2.75) is 19.4 Å². The van der Waals surface area contributed by atoms with Crippen LogP contribution in [0.4, 0.5) is 0 Å². The third kappa shape index (κ3) is 2.33. The summed E-state index contributed by atoms with van der Waals surface area (Å²) < 4.78 is 6.39. The Bertz CT molecular complexity index is 449. The number of furan rings is 1. The van der Waals surface area contributed by atoms with Crippen LogP contribution in [0.25, 0.3) is 0 Å². The van der Waals surface area contributed by atoms with E-state index >= 15 is 0 Å². The Hall–Kier alpha value is -0.580. The molecule has 0 spiro atoms. The Morgan fingerprint density at radius 1 is 1.53 bits per heavy atom. The van der Waals surface area contributed by atoms with Gasteiger partial charge in [-0.1, -0.05) is 0 Å². The second-order valence-electron chi connectivity index (χ2n) is 3.43. The molecule has 0 radical (unpaired) electrons. The molecule has 0 aliphatic carbocycles. The molecule has 2 heterocycles. The van der Waals surface area contributed by atoms with Gasteiger partial charge in [-0.3, -0.25) is 0 Å². The van der Waals surface area contributed by atoms with Crippen LogP contribution in [0.3, 0.4) is 0 Å². The zero-order chi connectivity index (χ0) is 10.8.